The summed E-state index contributed by atoms with van der Waals surface area (Å²) in [7, 11) is 0. The first-order chi connectivity index (χ1) is 7.84. The van der Waals surface area contributed by atoms with Crippen molar-refractivity contribution < 1.29 is 14.3 Å². The van der Waals surface area contributed by atoms with Crippen LogP contribution < -0.4 is 0 Å². The molecule has 1 heterocycles. The number of hydrogen-bond acceptors (Lipinski definition) is 3. The van der Waals surface area contributed by atoms with Crippen molar-refractivity contribution in [1.29, 1.82) is 0 Å². The van der Waals surface area contributed by atoms with Gasteiger partial charge < -0.3 is 9.47 Å². The number of esters is 1. The van der Waals surface area contributed by atoms with Gasteiger partial charge in [0.1, 0.15) is 12.4 Å². The number of carbonyl (C=O) groups is 1. The predicted octanol–water partition coefficient (Wildman–Crippen LogP) is 2.55. The number of ether oxygens (including phenoxy) is 2. The Hall–Kier alpha value is -2.03. The summed E-state index contributed by atoms with van der Waals surface area (Å²) in [6.45, 7) is 0.491. The number of cyclic esters (lactones) is 1. The van der Waals surface area contributed by atoms with Gasteiger partial charge in [0.05, 0.1) is 12.7 Å². The van der Waals surface area contributed by atoms with Crippen LogP contribution in [0.4, 0.5) is 0 Å². The fourth-order valence-corrected chi connectivity index (χ4v) is 1.32. The number of benzene rings is 1. The predicted molar refractivity (Wildman–Crippen MR) is 59.2 cm³/mol. The van der Waals surface area contributed by atoms with Gasteiger partial charge in [-0.3, -0.25) is 4.79 Å². The third kappa shape index (κ3) is 2.98. The number of rotatable bonds is 3. The lowest BCUT2D eigenvalue weighted by Crippen LogP contribution is -1.95. The van der Waals surface area contributed by atoms with Gasteiger partial charge in [-0.25, -0.2) is 0 Å². The molecule has 0 aliphatic carbocycles. The summed E-state index contributed by atoms with van der Waals surface area (Å²) in [6, 6.07) is 9.86. The van der Waals surface area contributed by atoms with Gasteiger partial charge in [0.2, 0.25) is 0 Å². The Kier molecular flexibility index (Phi) is 3.38. The van der Waals surface area contributed by atoms with Crippen molar-refractivity contribution in [1.82, 2.24) is 0 Å². The molecule has 1 aromatic carbocycles. The quantitative estimate of drug-likeness (QED) is 0.728. The van der Waals surface area contributed by atoms with Crippen LogP contribution in [0.3, 0.4) is 0 Å². The molecule has 0 N–H and O–H groups in total. The van der Waals surface area contributed by atoms with E-state index in [0.29, 0.717) is 12.4 Å². The van der Waals surface area contributed by atoms with Crippen molar-refractivity contribution in [2.45, 2.75) is 13.0 Å². The van der Waals surface area contributed by atoms with E-state index in [1.807, 2.05) is 30.3 Å². The lowest BCUT2D eigenvalue weighted by molar-refractivity contribution is -0.136. The molecule has 3 heteroatoms. The summed E-state index contributed by atoms with van der Waals surface area (Å²) in [4.78, 5) is 10.9. The monoisotopic (exact) mass is 216 g/mol. The summed E-state index contributed by atoms with van der Waals surface area (Å²) in [5.41, 5.74) is 1.09. The van der Waals surface area contributed by atoms with Gasteiger partial charge in [-0.1, -0.05) is 30.3 Å². The Morgan fingerprint density at radius 3 is 2.88 bits per heavy atom. The molecule has 0 aromatic heterocycles. The minimum Gasteiger partial charge on any atom is -0.489 e. The van der Waals surface area contributed by atoms with Crippen LogP contribution in [0.5, 0.6) is 0 Å². The highest BCUT2D eigenvalue weighted by atomic mass is 16.5. The standard InChI is InChI=1S/C13H12O3/c14-13-7-6-12(8-9-15-13)16-10-11-4-2-1-3-5-11/h1-6,8-9H,7,10H2. The zero-order chi connectivity index (χ0) is 11.2. The first-order valence-corrected chi connectivity index (χ1v) is 5.07. The summed E-state index contributed by atoms with van der Waals surface area (Å²) in [5.74, 6) is 0.393. The maximum atomic E-state index is 10.9. The molecular weight excluding hydrogens is 204 g/mol. The molecule has 2 rings (SSSR count). The fourth-order valence-electron chi connectivity index (χ4n) is 1.32. The lowest BCUT2D eigenvalue weighted by Gasteiger charge is -2.05. The highest BCUT2D eigenvalue weighted by Crippen LogP contribution is 2.10. The number of carbonyl (C=O) groups excluding carboxylic acids is 1. The van der Waals surface area contributed by atoms with Crippen LogP contribution in [-0.4, -0.2) is 5.97 Å². The van der Waals surface area contributed by atoms with E-state index in [1.54, 1.807) is 12.2 Å². The van der Waals surface area contributed by atoms with E-state index in [2.05, 4.69) is 0 Å². The second-order valence-corrected chi connectivity index (χ2v) is 3.38. The Morgan fingerprint density at radius 2 is 2.06 bits per heavy atom. The Bertz CT molecular complexity index is 418. The second kappa shape index (κ2) is 5.16. The Labute approximate surface area is 94.0 Å². The van der Waals surface area contributed by atoms with Gasteiger partial charge in [-0.05, 0) is 11.6 Å². The molecule has 1 aromatic rings. The molecular formula is C13H12O3. The Morgan fingerprint density at radius 1 is 1.25 bits per heavy atom. The minimum atomic E-state index is -0.269. The van der Waals surface area contributed by atoms with Crippen LogP contribution in [-0.2, 0) is 20.9 Å². The molecule has 0 spiro atoms. The van der Waals surface area contributed by atoms with Crippen LogP contribution in [0.1, 0.15) is 12.0 Å². The van der Waals surface area contributed by atoms with E-state index < -0.39 is 0 Å². The molecule has 0 radical (unpaired) electrons. The first-order valence-electron chi connectivity index (χ1n) is 5.07. The average molecular weight is 216 g/mol. The molecule has 0 unspecified atom stereocenters. The van der Waals surface area contributed by atoms with E-state index in [0.717, 1.165) is 5.56 Å². The van der Waals surface area contributed by atoms with E-state index in [-0.39, 0.29) is 12.4 Å². The third-order valence-electron chi connectivity index (χ3n) is 2.15. The molecule has 0 saturated carbocycles. The fraction of sp³-hybridized carbons (Fsp3) is 0.154. The van der Waals surface area contributed by atoms with Crippen molar-refractivity contribution in [3.8, 4) is 0 Å². The van der Waals surface area contributed by atoms with Crippen LogP contribution in [0.2, 0.25) is 0 Å². The van der Waals surface area contributed by atoms with Gasteiger partial charge in [0.15, 0.2) is 0 Å². The highest BCUT2D eigenvalue weighted by Gasteiger charge is 2.04. The third-order valence-corrected chi connectivity index (χ3v) is 2.15. The molecule has 0 saturated heterocycles. The highest BCUT2D eigenvalue weighted by molar-refractivity contribution is 5.72. The molecule has 0 bridgehead atoms. The molecule has 82 valence electrons. The summed E-state index contributed by atoms with van der Waals surface area (Å²) in [5, 5.41) is 0. The molecule has 0 atom stereocenters. The zero-order valence-corrected chi connectivity index (χ0v) is 8.76. The maximum Gasteiger partial charge on any atom is 0.314 e. The van der Waals surface area contributed by atoms with Crippen molar-refractivity contribution in [3.05, 3.63) is 60.1 Å². The average Bonchev–Trinajstić information content (AvgIpc) is 2.53. The summed E-state index contributed by atoms with van der Waals surface area (Å²) < 4.78 is 10.3. The Balaban J connectivity index is 1.93. The summed E-state index contributed by atoms with van der Waals surface area (Å²) >= 11 is 0. The molecule has 16 heavy (non-hydrogen) atoms. The second-order valence-electron chi connectivity index (χ2n) is 3.38. The van der Waals surface area contributed by atoms with Gasteiger partial charge in [-0.15, -0.1) is 0 Å². The molecule has 1 aliphatic rings. The van der Waals surface area contributed by atoms with E-state index in [4.69, 9.17) is 9.47 Å². The molecule has 1 aliphatic heterocycles. The smallest absolute Gasteiger partial charge is 0.314 e. The zero-order valence-electron chi connectivity index (χ0n) is 8.76. The van der Waals surface area contributed by atoms with Crippen LogP contribution in [0.25, 0.3) is 0 Å². The van der Waals surface area contributed by atoms with E-state index in [1.165, 1.54) is 6.26 Å². The number of allylic oxidation sites excluding steroid dienone is 1. The van der Waals surface area contributed by atoms with Crippen LogP contribution in [0, 0.1) is 0 Å². The van der Waals surface area contributed by atoms with Gasteiger partial charge in [0, 0.05) is 6.08 Å². The van der Waals surface area contributed by atoms with Crippen molar-refractivity contribution >= 4 is 5.97 Å². The van der Waals surface area contributed by atoms with Crippen molar-refractivity contribution in [3.63, 3.8) is 0 Å². The van der Waals surface area contributed by atoms with Crippen molar-refractivity contribution in [2.24, 2.45) is 0 Å². The van der Waals surface area contributed by atoms with Gasteiger partial charge in [-0.2, -0.15) is 0 Å². The molecule has 0 fully saturated rings. The normalized spacial score (nSPS) is 15.0. The van der Waals surface area contributed by atoms with Crippen LogP contribution >= 0.6 is 0 Å². The van der Waals surface area contributed by atoms with Gasteiger partial charge >= 0.3 is 5.97 Å². The maximum absolute atomic E-state index is 10.9. The molecule has 0 amide bonds. The number of hydrogen-bond donors (Lipinski definition) is 0. The van der Waals surface area contributed by atoms with Crippen molar-refractivity contribution in [2.75, 3.05) is 0 Å². The molecule has 3 nitrogen and oxygen atoms in total. The SMILES string of the molecule is O=C1CC=C(OCc2ccccc2)C=CO1. The minimum absolute atomic E-state index is 0.247. The van der Waals surface area contributed by atoms with Gasteiger partial charge in [0.25, 0.3) is 0 Å². The van der Waals surface area contributed by atoms with E-state index in [9.17, 15) is 4.79 Å². The topological polar surface area (TPSA) is 35.5 Å². The summed E-state index contributed by atoms with van der Waals surface area (Å²) in [6.07, 6.45) is 4.96. The largest absolute Gasteiger partial charge is 0.489 e. The van der Waals surface area contributed by atoms with Crippen LogP contribution in [0.15, 0.2) is 54.5 Å². The first kappa shape index (κ1) is 10.5. The lowest BCUT2D eigenvalue weighted by atomic mass is 10.2. The van der Waals surface area contributed by atoms with E-state index >= 15 is 0 Å².